The summed E-state index contributed by atoms with van der Waals surface area (Å²) in [7, 11) is 0. The van der Waals surface area contributed by atoms with Crippen LogP contribution in [0.4, 0.5) is 0 Å². The van der Waals surface area contributed by atoms with Crippen molar-refractivity contribution in [2.45, 2.75) is 44.3 Å². The molecule has 0 bridgehead atoms. The van der Waals surface area contributed by atoms with Gasteiger partial charge in [-0.15, -0.1) is 0 Å². The fourth-order valence-corrected chi connectivity index (χ4v) is 2.85. The zero-order valence-corrected chi connectivity index (χ0v) is 11.7. The molecule has 1 aliphatic carbocycles. The van der Waals surface area contributed by atoms with Gasteiger partial charge in [-0.3, -0.25) is 0 Å². The van der Waals surface area contributed by atoms with Crippen molar-refractivity contribution in [1.29, 1.82) is 0 Å². The first-order valence-corrected chi connectivity index (χ1v) is 7.12. The van der Waals surface area contributed by atoms with E-state index in [9.17, 15) is 0 Å². The smallest absolute Gasteiger partial charge is 0.0808 e. The van der Waals surface area contributed by atoms with Gasteiger partial charge < -0.3 is 10.5 Å². The number of rotatable bonds is 4. The normalized spacial score (nSPS) is 19.2. The van der Waals surface area contributed by atoms with Gasteiger partial charge in [0, 0.05) is 11.0 Å². The lowest BCUT2D eigenvalue weighted by Gasteiger charge is -2.36. The minimum absolute atomic E-state index is 0.0759. The molecule has 0 aromatic heterocycles. The van der Waals surface area contributed by atoms with E-state index in [1.807, 2.05) is 12.1 Å². The molecule has 0 saturated heterocycles. The van der Waals surface area contributed by atoms with E-state index in [4.69, 9.17) is 10.5 Å². The van der Waals surface area contributed by atoms with Crippen molar-refractivity contribution in [1.82, 2.24) is 0 Å². The Morgan fingerprint density at radius 2 is 1.88 bits per heavy atom. The van der Waals surface area contributed by atoms with Crippen LogP contribution in [0.2, 0.25) is 0 Å². The number of halogens is 1. The Bertz CT molecular complexity index is 361. The van der Waals surface area contributed by atoms with Gasteiger partial charge in [0.15, 0.2) is 0 Å². The van der Waals surface area contributed by atoms with Crippen LogP contribution in [0.3, 0.4) is 0 Å². The molecule has 1 aromatic carbocycles. The molecule has 17 heavy (non-hydrogen) atoms. The molecule has 1 aliphatic rings. The largest absolute Gasteiger partial charge is 0.369 e. The molecule has 1 saturated carbocycles. The van der Waals surface area contributed by atoms with E-state index in [-0.39, 0.29) is 5.60 Å². The molecule has 0 heterocycles. The zero-order valence-electron chi connectivity index (χ0n) is 10.1. The summed E-state index contributed by atoms with van der Waals surface area (Å²) >= 11 is 3.55. The summed E-state index contributed by atoms with van der Waals surface area (Å²) in [5.41, 5.74) is 7.03. The third-order valence-electron chi connectivity index (χ3n) is 3.63. The van der Waals surface area contributed by atoms with Crippen LogP contribution in [0, 0.1) is 0 Å². The van der Waals surface area contributed by atoms with E-state index in [0.29, 0.717) is 13.2 Å². The third-order valence-corrected chi connectivity index (χ3v) is 4.40. The second-order valence-corrected chi connectivity index (χ2v) is 5.68. The van der Waals surface area contributed by atoms with E-state index < -0.39 is 0 Å². The Kier molecular flexibility index (Phi) is 4.60. The van der Waals surface area contributed by atoms with Crippen molar-refractivity contribution in [3.05, 3.63) is 34.3 Å². The molecule has 0 aliphatic heterocycles. The lowest BCUT2D eigenvalue weighted by molar-refractivity contribution is -0.0735. The van der Waals surface area contributed by atoms with Crippen molar-refractivity contribution >= 4 is 15.9 Å². The van der Waals surface area contributed by atoms with Crippen LogP contribution < -0.4 is 5.73 Å². The van der Waals surface area contributed by atoms with Crippen molar-refractivity contribution in [3.8, 4) is 0 Å². The summed E-state index contributed by atoms with van der Waals surface area (Å²) < 4.78 is 7.25. The van der Waals surface area contributed by atoms with E-state index >= 15 is 0 Å². The maximum atomic E-state index is 6.13. The second kappa shape index (κ2) is 5.98. The first kappa shape index (κ1) is 13.1. The average Bonchev–Trinajstić information content (AvgIpc) is 2.39. The monoisotopic (exact) mass is 297 g/mol. The van der Waals surface area contributed by atoms with E-state index in [1.165, 1.54) is 24.8 Å². The van der Waals surface area contributed by atoms with Gasteiger partial charge in [0.1, 0.15) is 0 Å². The highest BCUT2D eigenvalue weighted by atomic mass is 79.9. The minimum atomic E-state index is -0.0759. The number of ether oxygens (including phenoxy) is 1. The van der Waals surface area contributed by atoms with Gasteiger partial charge >= 0.3 is 0 Å². The Morgan fingerprint density at radius 1 is 1.18 bits per heavy atom. The van der Waals surface area contributed by atoms with Crippen LogP contribution in [0.25, 0.3) is 0 Å². The lowest BCUT2D eigenvalue weighted by Crippen LogP contribution is -2.42. The molecule has 0 atom stereocenters. The molecule has 0 radical (unpaired) electrons. The van der Waals surface area contributed by atoms with E-state index in [0.717, 1.165) is 17.3 Å². The average molecular weight is 298 g/mol. The Morgan fingerprint density at radius 3 is 2.53 bits per heavy atom. The summed E-state index contributed by atoms with van der Waals surface area (Å²) in [4.78, 5) is 0. The van der Waals surface area contributed by atoms with Crippen LogP contribution in [0.15, 0.2) is 28.7 Å². The molecule has 1 aromatic rings. The molecule has 0 unspecified atom stereocenters. The van der Waals surface area contributed by atoms with Crippen LogP contribution in [0.5, 0.6) is 0 Å². The predicted molar refractivity (Wildman–Crippen MR) is 73.8 cm³/mol. The summed E-state index contributed by atoms with van der Waals surface area (Å²) in [5, 5.41) is 0. The quantitative estimate of drug-likeness (QED) is 0.921. The molecule has 2 N–H and O–H groups in total. The maximum absolute atomic E-state index is 6.13. The lowest BCUT2D eigenvalue weighted by atomic mass is 9.84. The highest BCUT2D eigenvalue weighted by molar-refractivity contribution is 9.10. The van der Waals surface area contributed by atoms with E-state index in [2.05, 4.69) is 28.1 Å². The van der Waals surface area contributed by atoms with Gasteiger partial charge in [0.2, 0.25) is 0 Å². The van der Waals surface area contributed by atoms with Crippen LogP contribution >= 0.6 is 15.9 Å². The molecule has 3 heteroatoms. The maximum Gasteiger partial charge on any atom is 0.0808 e. The fraction of sp³-hybridized carbons (Fsp3) is 0.571. The molecule has 1 fully saturated rings. The van der Waals surface area contributed by atoms with E-state index in [1.54, 1.807) is 0 Å². The van der Waals surface area contributed by atoms with Crippen LogP contribution in [-0.2, 0) is 11.3 Å². The first-order valence-electron chi connectivity index (χ1n) is 6.33. The zero-order chi connectivity index (χ0) is 12.1. The summed E-state index contributed by atoms with van der Waals surface area (Å²) in [6.07, 6.45) is 6.02. The summed E-state index contributed by atoms with van der Waals surface area (Å²) in [6.45, 7) is 1.29. The molecule has 0 spiro atoms. The molecule has 2 rings (SSSR count). The number of hydrogen-bond acceptors (Lipinski definition) is 2. The fourth-order valence-electron chi connectivity index (χ4n) is 2.45. The van der Waals surface area contributed by atoms with Gasteiger partial charge in [-0.1, -0.05) is 53.4 Å². The van der Waals surface area contributed by atoms with Gasteiger partial charge in [-0.05, 0) is 24.5 Å². The first-order chi connectivity index (χ1) is 8.26. The van der Waals surface area contributed by atoms with Crippen molar-refractivity contribution in [3.63, 3.8) is 0 Å². The molecular weight excluding hydrogens is 278 g/mol. The Hall–Kier alpha value is -0.380. The molecule has 0 amide bonds. The van der Waals surface area contributed by atoms with Gasteiger partial charge in [-0.25, -0.2) is 0 Å². The Labute approximate surface area is 112 Å². The molecular formula is C14H20BrNO. The molecule has 94 valence electrons. The highest BCUT2D eigenvalue weighted by Crippen LogP contribution is 2.32. The highest BCUT2D eigenvalue weighted by Gasteiger charge is 2.31. The topological polar surface area (TPSA) is 35.2 Å². The second-order valence-electron chi connectivity index (χ2n) is 4.83. The number of benzene rings is 1. The van der Waals surface area contributed by atoms with Crippen molar-refractivity contribution in [2.24, 2.45) is 5.73 Å². The van der Waals surface area contributed by atoms with Crippen LogP contribution in [0.1, 0.15) is 37.7 Å². The molecule has 2 nitrogen and oxygen atoms in total. The van der Waals surface area contributed by atoms with Crippen LogP contribution in [-0.4, -0.2) is 12.1 Å². The minimum Gasteiger partial charge on any atom is -0.369 e. The van der Waals surface area contributed by atoms with Gasteiger partial charge in [-0.2, -0.15) is 0 Å². The van der Waals surface area contributed by atoms with Gasteiger partial charge in [0.25, 0.3) is 0 Å². The predicted octanol–water partition coefficient (Wildman–Crippen LogP) is 3.63. The third kappa shape index (κ3) is 3.30. The number of nitrogens with two attached hydrogens (primary N) is 1. The summed E-state index contributed by atoms with van der Waals surface area (Å²) in [6, 6.07) is 8.21. The SMILES string of the molecule is NCC1(OCc2ccccc2Br)CCCCC1. The summed E-state index contributed by atoms with van der Waals surface area (Å²) in [5.74, 6) is 0. The number of hydrogen-bond donors (Lipinski definition) is 1. The van der Waals surface area contributed by atoms with Gasteiger partial charge in [0.05, 0.1) is 12.2 Å². The Balaban J connectivity index is 1.98. The van der Waals surface area contributed by atoms with Crippen molar-refractivity contribution < 1.29 is 4.74 Å². The van der Waals surface area contributed by atoms with Crippen molar-refractivity contribution in [2.75, 3.05) is 6.54 Å². The standard InChI is InChI=1S/C14H20BrNO/c15-13-7-3-2-6-12(13)10-17-14(11-16)8-4-1-5-9-14/h2-3,6-7H,1,4-5,8-11,16H2.